The highest BCUT2D eigenvalue weighted by Gasteiger charge is 2.30. The minimum atomic E-state index is -3.55. The Kier molecular flexibility index (Phi) is 4.51. The van der Waals surface area contributed by atoms with Gasteiger partial charge in [0.05, 0.1) is 10.3 Å². The third-order valence-corrected chi connectivity index (χ3v) is 6.94. The molecule has 0 aliphatic carbocycles. The zero-order chi connectivity index (χ0) is 20.9. The molecule has 0 bridgehead atoms. The molecular formula is C20H20N4O4S. The largest absolute Gasteiger partial charge is 0.306 e. The fourth-order valence-electron chi connectivity index (χ4n) is 3.55. The topological polar surface area (TPSA) is 92.6 Å². The van der Waals surface area contributed by atoms with Gasteiger partial charge in [-0.1, -0.05) is 18.2 Å². The van der Waals surface area contributed by atoms with Gasteiger partial charge in [-0.25, -0.2) is 17.4 Å². The first-order chi connectivity index (χ1) is 13.7. The van der Waals surface area contributed by atoms with E-state index in [1.165, 1.54) is 31.9 Å². The molecule has 0 saturated heterocycles. The van der Waals surface area contributed by atoms with Crippen LogP contribution in [0.25, 0.3) is 10.8 Å². The minimum Gasteiger partial charge on any atom is -0.306 e. The first-order valence-corrected chi connectivity index (χ1v) is 10.5. The number of hydrogen-bond donors (Lipinski definition) is 0. The number of amides is 1. The monoisotopic (exact) mass is 412 g/mol. The summed E-state index contributed by atoms with van der Waals surface area (Å²) in [5, 5.41) is 5.14. The number of fused-ring (bicyclic) bond motifs is 2. The van der Waals surface area contributed by atoms with Crippen LogP contribution in [0.1, 0.15) is 16.1 Å². The summed E-state index contributed by atoms with van der Waals surface area (Å²) in [6, 6.07) is 11.7. The Labute approximate surface area is 168 Å². The van der Waals surface area contributed by atoms with Gasteiger partial charge in [0.1, 0.15) is 0 Å². The molecule has 4 rings (SSSR count). The molecule has 0 atom stereocenters. The average Bonchev–Trinajstić information content (AvgIpc) is 3.13. The zero-order valence-electron chi connectivity index (χ0n) is 16.3. The van der Waals surface area contributed by atoms with Crippen LogP contribution in [0, 0.1) is 0 Å². The van der Waals surface area contributed by atoms with E-state index in [1.807, 2.05) is 0 Å². The van der Waals surface area contributed by atoms with Gasteiger partial charge in [-0.15, -0.1) is 0 Å². The van der Waals surface area contributed by atoms with Crippen LogP contribution in [0.5, 0.6) is 0 Å². The van der Waals surface area contributed by atoms with E-state index in [2.05, 4.69) is 5.10 Å². The standard InChI is InChI=1S/C20H20N4O4S/c1-22(2)29(27,28)14-8-9-17-13(12-14)10-11-24(17)20(26)18-15-6-4-5-7-16(15)19(25)23(3)21-18/h4-9,12H,10-11H2,1-3H3. The molecule has 2 heterocycles. The maximum Gasteiger partial charge on any atom is 0.279 e. The van der Waals surface area contributed by atoms with Gasteiger partial charge in [0.25, 0.3) is 11.5 Å². The van der Waals surface area contributed by atoms with Crippen molar-refractivity contribution < 1.29 is 13.2 Å². The van der Waals surface area contributed by atoms with E-state index in [0.717, 1.165) is 9.87 Å². The van der Waals surface area contributed by atoms with Crippen LogP contribution in [0.2, 0.25) is 0 Å². The van der Waals surface area contributed by atoms with Crippen LogP contribution in [-0.4, -0.2) is 49.1 Å². The lowest BCUT2D eigenvalue weighted by Crippen LogP contribution is -2.32. The van der Waals surface area contributed by atoms with Gasteiger partial charge < -0.3 is 4.90 Å². The van der Waals surface area contributed by atoms with Crippen molar-refractivity contribution in [3.63, 3.8) is 0 Å². The van der Waals surface area contributed by atoms with Gasteiger partial charge in [-0.3, -0.25) is 9.59 Å². The molecule has 3 aromatic rings. The number of hydrogen-bond acceptors (Lipinski definition) is 5. The fraction of sp³-hybridized carbons (Fsp3) is 0.250. The number of carbonyl (C=O) groups excluding carboxylic acids is 1. The van der Waals surface area contributed by atoms with Crippen molar-refractivity contribution >= 4 is 32.4 Å². The molecule has 0 N–H and O–H groups in total. The second-order valence-corrected chi connectivity index (χ2v) is 9.26. The highest BCUT2D eigenvalue weighted by molar-refractivity contribution is 7.89. The molecule has 0 unspecified atom stereocenters. The highest BCUT2D eigenvalue weighted by atomic mass is 32.2. The first kappa shape index (κ1) is 19.3. The van der Waals surface area contributed by atoms with Crippen LogP contribution in [-0.2, 0) is 23.5 Å². The number of anilines is 1. The first-order valence-electron chi connectivity index (χ1n) is 9.05. The second-order valence-electron chi connectivity index (χ2n) is 7.11. The molecule has 1 aliphatic heterocycles. The number of nitrogens with zero attached hydrogens (tertiary/aromatic N) is 4. The molecule has 9 heteroatoms. The summed E-state index contributed by atoms with van der Waals surface area (Å²) in [6.45, 7) is 0.415. The van der Waals surface area contributed by atoms with Crippen molar-refractivity contribution in [3.05, 3.63) is 64.1 Å². The van der Waals surface area contributed by atoms with Crippen molar-refractivity contribution in [2.45, 2.75) is 11.3 Å². The third kappa shape index (κ3) is 3.02. The van der Waals surface area contributed by atoms with Crippen LogP contribution in [0.15, 0.2) is 52.2 Å². The summed E-state index contributed by atoms with van der Waals surface area (Å²) in [4.78, 5) is 27.4. The van der Waals surface area contributed by atoms with Crippen molar-refractivity contribution in [2.75, 3.05) is 25.5 Å². The van der Waals surface area contributed by atoms with Gasteiger partial charge in [0.15, 0.2) is 5.69 Å². The van der Waals surface area contributed by atoms with E-state index >= 15 is 0 Å². The van der Waals surface area contributed by atoms with Crippen molar-refractivity contribution in [2.24, 2.45) is 7.05 Å². The lowest BCUT2D eigenvalue weighted by molar-refractivity contribution is 0.0984. The molecule has 2 aromatic carbocycles. The Hall–Kier alpha value is -3.04. The fourth-order valence-corrected chi connectivity index (χ4v) is 4.50. The van der Waals surface area contributed by atoms with Crippen LogP contribution < -0.4 is 10.5 Å². The number of rotatable bonds is 3. The van der Waals surface area contributed by atoms with E-state index in [4.69, 9.17) is 0 Å². The molecule has 1 amide bonds. The summed E-state index contributed by atoms with van der Waals surface area (Å²) in [5.74, 6) is -0.321. The van der Waals surface area contributed by atoms with Gasteiger partial charge in [0.2, 0.25) is 10.0 Å². The number of carbonyl (C=O) groups is 1. The van der Waals surface area contributed by atoms with Crippen LogP contribution in [0.4, 0.5) is 5.69 Å². The lowest BCUT2D eigenvalue weighted by Gasteiger charge is -2.19. The predicted octanol–water partition coefficient (Wildman–Crippen LogP) is 1.39. The van der Waals surface area contributed by atoms with Crippen molar-refractivity contribution in [1.82, 2.24) is 14.1 Å². The van der Waals surface area contributed by atoms with E-state index < -0.39 is 10.0 Å². The molecule has 8 nitrogen and oxygen atoms in total. The van der Waals surface area contributed by atoms with E-state index in [-0.39, 0.29) is 22.1 Å². The maximum atomic E-state index is 13.3. The molecule has 0 saturated carbocycles. The van der Waals surface area contributed by atoms with E-state index in [1.54, 1.807) is 41.3 Å². The Morgan fingerprint density at radius 1 is 1.10 bits per heavy atom. The molecule has 0 radical (unpaired) electrons. The second kappa shape index (κ2) is 6.78. The molecule has 1 aromatic heterocycles. The summed E-state index contributed by atoms with van der Waals surface area (Å²) in [6.07, 6.45) is 0.543. The van der Waals surface area contributed by atoms with Gasteiger partial charge in [-0.05, 0) is 36.2 Å². The van der Waals surface area contributed by atoms with Crippen molar-refractivity contribution in [3.8, 4) is 0 Å². The molecule has 0 spiro atoms. The number of benzene rings is 2. The van der Waals surface area contributed by atoms with Gasteiger partial charge in [0, 0.05) is 38.8 Å². The Morgan fingerprint density at radius 2 is 1.79 bits per heavy atom. The summed E-state index contributed by atoms with van der Waals surface area (Å²) in [5.41, 5.74) is 1.38. The maximum absolute atomic E-state index is 13.3. The molecule has 29 heavy (non-hydrogen) atoms. The number of aromatic nitrogens is 2. The molecule has 150 valence electrons. The smallest absolute Gasteiger partial charge is 0.279 e. The Morgan fingerprint density at radius 3 is 2.48 bits per heavy atom. The highest BCUT2D eigenvalue weighted by Crippen LogP contribution is 2.32. The van der Waals surface area contributed by atoms with Gasteiger partial charge >= 0.3 is 0 Å². The number of aryl methyl sites for hydroxylation is 1. The normalized spacial score (nSPS) is 13.9. The molecule has 0 fully saturated rings. The summed E-state index contributed by atoms with van der Waals surface area (Å²) in [7, 11) is 0.930. The van der Waals surface area contributed by atoms with E-state index in [9.17, 15) is 18.0 Å². The predicted molar refractivity (Wildman–Crippen MR) is 110 cm³/mol. The van der Waals surface area contributed by atoms with Crippen LogP contribution in [0.3, 0.4) is 0 Å². The summed E-state index contributed by atoms with van der Waals surface area (Å²) >= 11 is 0. The molecule has 1 aliphatic rings. The Bertz CT molecular complexity index is 1310. The molecular weight excluding hydrogens is 392 g/mol. The lowest BCUT2D eigenvalue weighted by atomic mass is 10.1. The van der Waals surface area contributed by atoms with Crippen LogP contribution >= 0.6 is 0 Å². The van der Waals surface area contributed by atoms with E-state index in [0.29, 0.717) is 29.4 Å². The zero-order valence-corrected chi connectivity index (χ0v) is 17.1. The van der Waals surface area contributed by atoms with Crippen molar-refractivity contribution in [1.29, 1.82) is 0 Å². The summed E-state index contributed by atoms with van der Waals surface area (Å²) < 4.78 is 27.1. The van der Waals surface area contributed by atoms with Gasteiger partial charge in [-0.2, -0.15) is 5.10 Å². The quantitative estimate of drug-likeness (QED) is 0.648. The average molecular weight is 412 g/mol. The number of sulfonamides is 1. The third-order valence-electron chi connectivity index (χ3n) is 5.13. The SMILES string of the molecule is CN(C)S(=O)(=O)c1ccc2c(c1)CCN2C(=O)c1nn(C)c(=O)c2ccccc12. The minimum absolute atomic E-state index is 0.195. The Balaban J connectivity index is 1.79.